The number of carbonyl (C=O) groups excluding carboxylic acids is 2. The van der Waals surface area contributed by atoms with E-state index in [2.05, 4.69) is 14.9 Å². The van der Waals surface area contributed by atoms with Gasteiger partial charge in [-0.1, -0.05) is 17.3 Å². The molecule has 1 fully saturated rings. The van der Waals surface area contributed by atoms with Crippen LogP contribution in [0.25, 0.3) is 11.4 Å². The van der Waals surface area contributed by atoms with Crippen molar-refractivity contribution < 1.29 is 28.2 Å². The largest absolute Gasteiger partial charge is 0.465 e. The Hall–Kier alpha value is -4.15. The second kappa shape index (κ2) is 9.15. The zero-order chi connectivity index (χ0) is 23.5. The van der Waals surface area contributed by atoms with E-state index in [-0.39, 0.29) is 35.1 Å². The molecule has 0 N–H and O–H groups in total. The molecule has 1 saturated heterocycles. The Morgan fingerprint density at radius 1 is 1.24 bits per heavy atom. The molecule has 1 atom stereocenters. The number of aromatic nitrogens is 2. The minimum absolute atomic E-state index is 0.0104. The van der Waals surface area contributed by atoms with Crippen molar-refractivity contribution in [1.82, 2.24) is 15.0 Å². The summed E-state index contributed by atoms with van der Waals surface area (Å²) in [6.45, 7) is 0.677. The fourth-order valence-corrected chi connectivity index (χ4v) is 3.77. The van der Waals surface area contributed by atoms with Gasteiger partial charge in [-0.05, 0) is 31.0 Å². The van der Waals surface area contributed by atoms with Crippen molar-refractivity contribution in [3.63, 3.8) is 0 Å². The number of likely N-dealkylation sites (tertiary alicyclic amines) is 1. The van der Waals surface area contributed by atoms with E-state index < -0.39 is 22.6 Å². The summed E-state index contributed by atoms with van der Waals surface area (Å²) in [7, 11) is 1.15. The fraction of sp³-hybridized carbons (Fsp3) is 0.273. The van der Waals surface area contributed by atoms with E-state index in [1.807, 2.05) is 0 Å². The molecule has 0 aliphatic carbocycles. The Morgan fingerprint density at radius 3 is 2.76 bits per heavy atom. The maximum atomic E-state index is 13.5. The van der Waals surface area contributed by atoms with Gasteiger partial charge < -0.3 is 14.2 Å². The van der Waals surface area contributed by atoms with E-state index in [1.54, 1.807) is 12.1 Å². The van der Waals surface area contributed by atoms with Gasteiger partial charge in [0, 0.05) is 36.3 Å². The third-order valence-electron chi connectivity index (χ3n) is 5.38. The molecule has 3 aromatic rings. The third kappa shape index (κ3) is 4.71. The van der Waals surface area contributed by atoms with Crippen molar-refractivity contribution in [3.05, 3.63) is 75.4 Å². The maximum absolute atomic E-state index is 13.5. The third-order valence-corrected chi connectivity index (χ3v) is 5.38. The van der Waals surface area contributed by atoms with E-state index in [0.29, 0.717) is 30.8 Å². The molecule has 170 valence electrons. The Bertz CT molecular complexity index is 1230. The quantitative estimate of drug-likeness (QED) is 0.325. The van der Waals surface area contributed by atoms with Crippen LogP contribution in [0.5, 0.6) is 0 Å². The van der Waals surface area contributed by atoms with Gasteiger partial charge >= 0.3 is 5.97 Å². The smallest absolute Gasteiger partial charge is 0.338 e. The minimum Gasteiger partial charge on any atom is -0.465 e. The van der Waals surface area contributed by atoms with Crippen molar-refractivity contribution in [2.24, 2.45) is 0 Å². The molecule has 0 bridgehead atoms. The van der Waals surface area contributed by atoms with Gasteiger partial charge in [-0.2, -0.15) is 4.98 Å². The summed E-state index contributed by atoms with van der Waals surface area (Å²) in [5.41, 5.74) is 0.0172. The number of esters is 1. The Labute approximate surface area is 187 Å². The summed E-state index contributed by atoms with van der Waals surface area (Å²) in [4.78, 5) is 41.5. The van der Waals surface area contributed by atoms with Gasteiger partial charge in [0.1, 0.15) is 5.82 Å². The molecule has 1 unspecified atom stereocenters. The number of rotatable bonds is 5. The molecule has 0 spiro atoms. The zero-order valence-corrected chi connectivity index (χ0v) is 17.6. The monoisotopic (exact) mass is 454 g/mol. The lowest BCUT2D eigenvalue weighted by molar-refractivity contribution is -0.384. The first kappa shape index (κ1) is 22.1. The van der Waals surface area contributed by atoms with Crippen molar-refractivity contribution in [1.29, 1.82) is 0 Å². The molecule has 0 radical (unpaired) electrons. The van der Waals surface area contributed by atoms with Crippen molar-refractivity contribution >= 4 is 17.6 Å². The van der Waals surface area contributed by atoms with E-state index in [1.165, 1.54) is 23.1 Å². The van der Waals surface area contributed by atoms with Crippen LogP contribution in [0.1, 0.15) is 45.4 Å². The first-order chi connectivity index (χ1) is 15.9. The number of nitro benzene ring substituents is 1. The average Bonchev–Trinajstić information content (AvgIpc) is 3.33. The minimum atomic E-state index is -0.778. The molecule has 2 heterocycles. The van der Waals surface area contributed by atoms with Gasteiger partial charge in [0.05, 0.1) is 23.5 Å². The molecule has 1 amide bonds. The van der Waals surface area contributed by atoms with Gasteiger partial charge in [0.15, 0.2) is 0 Å². The molecule has 1 aliphatic rings. The first-order valence-corrected chi connectivity index (χ1v) is 10.1. The number of piperidine rings is 1. The molecular weight excluding hydrogens is 435 g/mol. The van der Waals surface area contributed by atoms with Crippen LogP contribution in [-0.4, -0.2) is 52.0 Å². The average molecular weight is 454 g/mol. The van der Waals surface area contributed by atoms with E-state index in [4.69, 9.17) is 4.52 Å². The Balaban J connectivity index is 1.56. The summed E-state index contributed by atoms with van der Waals surface area (Å²) in [6.07, 6.45) is 1.34. The number of amides is 1. The Kier molecular flexibility index (Phi) is 6.11. The highest BCUT2D eigenvalue weighted by atomic mass is 19.1. The molecule has 1 aromatic heterocycles. The summed E-state index contributed by atoms with van der Waals surface area (Å²) in [5.74, 6) is -1.35. The maximum Gasteiger partial charge on any atom is 0.338 e. The molecule has 11 heteroatoms. The van der Waals surface area contributed by atoms with Crippen LogP contribution in [0.2, 0.25) is 0 Å². The highest BCUT2D eigenvalue weighted by Crippen LogP contribution is 2.29. The highest BCUT2D eigenvalue weighted by Gasteiger charge is 2.30. The number of benzene rings is 2. The Morgan fingerprint density at radius 2 is 2.03 bits per heavy atom. The van der Waals surface area contributed by atoms with Crippen molar-refractivity contribution in [2.45, 2.75) is 18.8 Å². The number of nitrogens with zero attached hydrogens (tertiary/aromatic N) is 4. The van der Waals surface area contributed by atoms with Gasteiger partial charge in [0.2, 0.25) is 11.7 Å². The predicted octanol–water partition coefficient (Wildman–Crippen LogP) is 3.59. The summed E-state index contributed by atoms with van der Waals surface area (Å²) >= 11 is 0. The molecular formula is C22H19FN4O6. The number of non-ortho nitro benzene ring substituents is 1. The van der Waals surface area contributed by atoms with Crippen LogP contribution in [0.4, 0.5) is 10.1 Å². The van der Waals surface area contributed by atoms with Crippen LogP contribution in [-0.2, 0) is 4.74 Å². The van der Waals surface area contributed by atoms with E-state index in [0.717, 1.165) is 19.2 Å². The SMILES string of the molecule is COC(=O)c1cc(C(=O)N2CCCC(c3nc(-c4cccc(F)c4)no3)C2)cc([N+](=O)[O-])c1. The normalized spacial score (nSPS) is 15.8. The number of halogens is 1. The van der Waals surface area contributed by atoms with Crippen molar-refractivity contribution in [2.75, 3.05) is 20.2 Å². The summed E-state index contributed by atoms with van der Waals surface area (Å²) in [5, 5.41) is 15.2. The highest BCUT2D eigenvalue weighted by molar-refractivity contribution is 5.99. The molecule has 2 aromatic carbocycles. The number of hydrogen-bond donors (Lipinski definition) is 0. The van der Waals surface area contributed by atoms with E-state index in [9.17, 15) is 24.1 Å². The number of methoxy groups -OCH3 is 1. The topological polar surface area (TPSA) is 129 Å². The van der Waals surface area contributed by atoms with Gasteiger partial charge in [0.25, 0.3) is 11.6 Å². The molecule has 0 saturated carbocycles. The molecule has 10 nitrogen and oxygen atoms in total. The second-order valence-electron chi connectivity index (χ2n) is 7.57. The van der Waals surface area contributed by atoms with Crippen molar-refractivity contribution in [3.8, 4) is 11.4 Å². The molecule has 4 rings (SSSR count). The molecule has 33 heavy (non-hydrogen) atoms. The lowest BCUT2D eigenvalue weighted by Crippen LogP contribution is -2.39. The number of ether oxygens (including phenoxy) is 1. The lowest BCUT2D eigenvalue weighted by Gasteiger charge is -2.31. The summed E-state index contributed by atoms with van der Waals surface area (Å²) in [6, 6.07) is 9.29. The summed E-state index contributed by atoms with van der Waals surface area (Å²) < 4.78 is 23.5. The van der Waals surface area contributed by atoms with Gasteiger partial charge in [-0.15, -0.1) is 0 Å². The van der Waals surface area contributed by atoms with Gasteiger partial charge in [-0.25, -0.2) is 9.18 Å². The van der Waals surface area contributed by atoms with Gasteiger partial charge in [-0.3, -0.25) is 14.9 Å². The fourth-order valence-electron chi connectivity index (χ4n) is 3.77. The lowest BCUT2D eigenvalue weighted by atomic mass is 9.97. The standard InChI is InChI=1S/C22H19FN4O6/c1-32-22(29)16-8-15(10-18(11-16)27(30)31)21(28)26-7-3-5-14(12-26)20-24-19(25-33-20)13-4-2-6-17(23)9-13/h2,4,6,8-11,14H,3,5,7,12H2,1H3. The predicted molar refractivity (Wildman–Crippen MR) is 112 cm³/mol. The van der Waals surface area contributed by atoms with Crippen LogP contribution in [0.15, 0.2) is 47.0 Å². The van der Waals surface area contributed by atoms with Crippen LogP contribution in [0, 0.1) is 15.9 Å². The molecule has 1 aliphatic heterocycles. The number of hydrogen-bond acceptors (Lipinski definition) is 8. The first-order valence-electron chi connectivity index (χ1n) is 10.1. The van der Waals surface area contributed by atoms with Crippen LogP contribution in [0.3, 0.4) is 0 Å². The number of nitro groups is 1. The van der Waals surface area contributed by atoms with Crippen LogP contribution < -0.4 is 0 Å². The van der Waals surface area contributed by atoms with Crippen LogP contribution >= 0.6 is 0 Å². The second-order valence-corrected chi connectivity index (χ2v) is 7.57. The zero-order valence-electron chi connectivity index (χ0n) is 17.6. The number of carbonyl (C=O) groups is 2. The van der Waals surface area contributed by atoms with E-state index >= 15 is 0 Å².